The van der Waals surface area contributed by atoms with Crippen LogP contribution in [0.3, 0.4) is 0 Å². The third kappa shape index (κ3) is 1.46. The second kappa shape index (κ2) is 2.62. The second-order valence-electron chi connectivity index (χ2n) is 4.02. The first kappa shape index (κ1) is 8.35. The van der Waals surface area contributed by atoms with Gasteiger partial charge in [-0.2, -0.15) is 0 Å². The summed E-state index contributed by atoms with van der Waals surface area (Å²) in [5.74, 6) is -0.197. The van der Waals surface area contributed by atoms with Gasteiger partial charge in [0.15, 0.2) is 0 Å². The lowest BCUT2D eigenvalue weighted by Gasteiger charge is -2.34. The van der Waals surface area contributed by atoms with E-state index in [4.69, 9.17) is 0 Å². The van der Waals surface area contributed by atoms with Gasteiger partial charge >= 0.3 is 0 Å². The molecule has 0 radical (unpaired) electrons. The van der Waals surface area contributed by atoms with Crippen molar-refractivity contribution in [3.05, 3.63) is 24.0 Å². The molecule has 1 aliphatic heterocycles. The molecular weight excluding hydrogens is 167 g/mol. The molecule has 1 aromatic rings. The van der Waals surface area contributed by atoms with Gasteiger partial charge in [0.05, 0.1) is 11.4 Å². The molecule has 3 heteroatoms. The lowest BCUT2D eigenvalue weighted by molar-refractivity contribution is 0.567. The number of hydrogen-bond donors (Lipinski definition) is 2. The molecule has 0 bridgehead atoms. The molecule has 2 rings (SSSR count). The Morgan fingerprint density at radius 2 is 2.15 bits per heavy atom. The summed E-state index contributed by atoms with van der Waals surface area (Å²) in [7, 11) is 0. The summed E-state index contributed by atoms with van der Waals surface area (Å²) >= 11 is 0. The molecule has 2 nitrogen and oxygen atoms in total. The fourth-order valence-corrected chi connectivity index (χ4v) is 1.50. The van der Waals surface area contributed by atoms with Gasteiger partial charge in [-0.25, -0.2) is 4.39 Å². The molecule has 13 heavy (non-hydrogen) atoms. The first-order valence-electron chi connectivity index (χ1n) is 4.39. The largest absolute Gasteiger partial charge is 0.381 e. The Hall–Kier alpha value is -1.25. The Balaban J connectivity index is 2.44. The molecule has 1 aliphatic rings. The second-order valence-corrected chi connectivity index (χ2v) is 4.02. The van der Waals surface area contributed by atoms with Gasteiger partial charge < -0.3 is 10.6 Å². The summed E-state index contributed by atoms with van der Waals surface area (Å²) in [4.78, 5) is 0. The van der Waals surface area contributed by atoms with Crippen LogP contribution in [0.2, 0.25) is 0 Å². The van der Waals surface area contributed by atoms with Crippen LogP contribution in [0.1, 0.15) is 13.8 Å². The third-order valence-corrected chi connectivity index (χ3v) is 2.20. The van der Waals surface area contributed by atoms with Crippen LogP contribution in [-0.4, -0.2) is 12.1 Å². The van der Waals surface area contributed by atoms with Gasteiger partial charge in [0.2, 0.25) is 0 Å². The van der Waals surface area contributed by atoms with E-state index in [1.165, 1.54) is 6.07 Å². The van der Waals surface area contributed by atoms with Crippen molar-refractivity contribution < 1.29 is 4.39 Å². The van der Waals surface area contributed by atoms with E-state index >= 15 is 0 Å². The highest BCUT2D eigenvalue weighted by Gasteiger charge is 2.25. The van der Waals surface area contributed by atoms with E-state index < -0.39 is 0 Å². The predicted octanol–water partition coefficient (Wildman–Crippen LogP) is 2.44. The minimum Gasteiger partial charge on any atom is -0.381 e. The molecule has 0 saturated heterocycles. The number of benzene rings is 1. The van der Waals surface area contributed by atoms with Crippen LogP contribution >= 0.6 is 0 Å². The molecule has 0 unspecified atom stereocenters. The zero-order valence-corrected chi connectivity index (χ0v) is 7.82. The maximum atomic E-state index is 13.3. The highest BCUT2D eigenvalue weighted by Crippen LogP contribution is 2.31. The van der Waals surface area contributed by atoms with Crippen molar-refractivity contribution in [2.24, 2.45) is 0 Å². The zero-order chi connectivity index (χ0) is 9.47. The van der Waals surface area contributed by atoms with Crippen molar-refractivity contribution in [1.29, 1.82) is 0 Å². The summed E-state index contributed by atoms with van der Waals surface area (Å²) in [5, 5.41) is 6.36. The van der Waals surface area contributed by atoms with Gasteiger partial charge in [0.25, 0.3) is 0 Å². The van der Waals surface area contributed by atoms with E-state index in [2.05, 4.69) is 10.6 Å². The van der Waals surface area contributed by atoms with E-state index in [1.54, 1.807) is 6.07 Å². The van der Waals surface area contributed by atoms with Gasteiger partial charge in [-0.15, -0.1) is 0 Å². The molecule has 0 amide bonds. The number of halogens is 1. The molecule has 70 valence electrons. The van der Waals surface area contributed by atoms with Crippen LogP contribution in [-0.2, 0) is 0 Å². The predicted molar refractivity (Wildman–Crippen MR) is 52.6 cm³/mol. The van der Waals surface area contributed by atoms with E-state index in [0.717, 1.165) is 12.2 Å². The highest BCUT2D eigenvalue weighted by molar-refractivity contribution is 5.72. The fourth-order valence-electron chi connectivity index (χ4n) is 1.50. The van der Waals surface area contributed by atoms with Gasteiger partial charge in [-0.05, 0) is 26.0 Å². The number of nitrogens with one attached hydrogen (secondary N) is 2. The summed E-state index contributed by atoms with van der Waals surface area (Å²) < 4.78 is 13.3. The molecule has 0 aromatic heterocycles. The van der Waals surface area contributed by atoms with Crippen molar-refractivity contribution in [2.45, 2.75) is 19.4 Å². The topological polar surface area (TPSA) is 24.1 Å². The number of fused-ring (bicyclic) bond motifs is 1. The van der Waals surface area contributed by atoms with Crippen molar-refractivity contribution in [3.8, 4) is 0 Å². The molecule has 0 atom stereocenters. The summed E-state index contributed by atoms with van der Waals surface area (Å²) in [6.07, 6.45) is 0. The Morgan fingerprint density at radius 1 is 1.38 bits per heavy atom. The van der Waals surface area contributed by atoms with E-state index in [1.807, 2.05) is 19.9 Å². The molecule has 0 aliphatic carbocycles. The van der Waals surface area contributed by atoms with Gasteiger partial charge in [0, 0.05) is 12.1 Å². The van der Waals surface area contributed by atoms with Crippen LogP contribution in [0, 0.1) is 5.82 Å². The number of anilines is 2. The van der Waals surface area contributed by atoms with Gasteiger partial charge in [-0.3, -0.25) is 0 Å². The van der Waals surface area contributed by atoms with Crippen LogP contribution in [0.4, 0.5) is 15.8 Å². The molecule has 0 spiro atoms. The van der Waals surface area contributed by atoms with Crippen LogP contribution < -0.4 is 10.6 Å². The number of hydrogen-bond acceptors (Lipinski definition) is 2. The number of rotatable bonds is 0. The molecule has 0 saturated carbocycles. The lowest BCUT2D eigenvalue weighted by atomic mass is 10.0. The highest BCUT2D eigenvalue weighted by atomic mass is 19.1. The summed E-state index contributed by atoms with van der Waals surface area (Å²) in [5.41, 5.74) is 1.34. The SMILES string of the molecule is CC1(C)CNc2cccc(F)c2N1. The zero-order valence-electron chi connectivity index (χ0n) is 7.82. The summed E-state index contributed by atoms with van der Waals surface area (Å²) in [6.45, 7) is 4.88. The standard InChI is InChI=1S/C10H13FN2/c1-10(2)6-12-8-5-3-4-7(11)9(8)13-10/h3-5,12-13H,6H2,1-2H3. The van der Waals surface area contributed by atoms with Gasteiger partial charge in [0.1, 0.15) is 5.82 Å². The maximum Gasteiger partial charge on any atom is 0.148 e. The lowest BCUT2D eigenvalue weighted by Crippen LogP contribution is -2.42. The van der Waals surface area contributed by atoms with Crippen molar-refractivity contribution in [3.63, 3.8) is 0 Å². The first-order chi connectivity index (χ1) is 6.08. The quantitative estimate of drug-likeness (QED) is 0.640. The van der Waals surface area contributed by atoms with Crippen LogP contribution in [0.5, 0.6) is 0 Å². The van der Waals surface area contributed by atoms with E-state index in [-0.39, 0.29) is 11.4 Å². The minimum absolute atomic E-state index is 0.0881. The fraction of sp³-hybridized carbons (Fsp3) is 0.400. The van der Waals surface area contributed by atoms with E-state index in [9.17, 15) is 4.39 Å². The molecule has 1 heterocycles. The maximum absolute atomic E-state index is 13.3. The molecule has 2 N–H and O–H groups in total. The Morgan fingerprint density at radius 3 is 2.92 bits per heavy atom. The van der Waals surface area contributed by atoms with Crippen LogP contribution in [0.25, 0.3) is 0 Å². The van der Waals surface area contributed by atoms with E-state index in [0.29, 0.717) is 5.69 Å². The average Bonchev–Trinajstić information content (AvgIpc) is 2.06. The molecule has 0 fully saturated rings. The third-order valence-electron chi connectivity index (χ3n) is 2.20. The Bertz CT molecular complexity index is 334. The van der Waals surface area contributed by atoms with Crippen molar-refractivity contribution in [1.82, 2.24) is 0 Å². The van der Waals surface area contributed by atoms with Crippen molar-refractivity contribution in [2.75, 3.05) is 17.2 Å². The minimum atomic E-state index is -0.197. The number of para-hydroxylation sites is 1. The normalized spacial score (nSPS) is 18.4. The van der Waals surface area contributed by atoms with Crippen LogP contribution in [0.15, 0.2) is 18.2 Å². The first-order valence-corrected chi connectivity index (χ1v) is 4.39. The van der Waals surface area contributed by atoms with Gasteiger partial charge in [-0.1, -0.05) is 6.07 Å². The smallest absolute Gasteiger partial charge is 0.148 e. The van der Waals surface area contributed by atoms with Crippen molar-refractivity contribution >= 4 is 11.4 Å². The monoisotopic (exact) mass is 180 g/mol. The molecular formula is C10H13FN2. The average molecular weight is 180 g/mol. The Labute approximate surface area is 77.2 Å². The Kier molecular flexibility index (Phi) is 1.68. The molecule has 1 aromatic carbocycles. The summed E-state index contributed by atoms with van der Waals surface area (Å²) in [6, 6.07) is 5.05.